The summed E-state index contributed by atoms with van der Waals surface area (Å²) in [5.74, 6) is 0.661. The van der Waals surface area contributed by atoms with Gasteiger partial charge in [0.1, 0.15) is 0 Å². The summed E-state index contributed by atoms with van der Waals surface area (Å²) in [6, 6.07) is 11.6. The first-order valence-corrected chi connectivity index (χ1v) is 7.39. The van der Waals surface area contributed by atoms with Crippen LogP contribution < -0.4 is 5.32 Å². The van der Waals surface area contributed by atoms with E-state index in [1.54, 1.807) is 17.8 Å². The van der Waals surface area contributed by atoms with E-state index in [2.05, 4.69) is 5.32 Å². The number of rotatable bonds is 7. The van der Waals surface area contributed by atoms with Crippen molar-refractivity contribution in [1.29, 1.82) is 0 Å². The first-order valence-electron chi connectivity index (χ1n) is 6.40. The second-order valence-corrected chi connectivity index (χ2v) is 5.46. The third kappa shape index (κ3) is 4.75. The van der Waals surface area contributed by atoms with Crippen LogP contribution in [0.4, 0.5) is 0 Å². The quantitative estimate of drug-likeness (QED) is 0.770. The highest BCUT2D eigenvalue weighted by atomic mass is 32.2. The van der Waals surface area contributed by atoms with Gasteiger partial charge in [-0.25, -0.2) is 0 Å². The van der Waals surface area contributed by atoms with Crippen LogP contribution in [0.15, 0.2) is 58.2 Å². The van der Waals surface area contributed by atoms with Crippen molar-refractivity contribution in [3.63, 3.8) is 0 Å². The predicted octanol–water partition coefficient (Wildman–Crippen LogP) is 2.61. The minimum atomic E-state index is -0.723. The molecule has 4 nitrogen and oxygen atoms in total. The average Bonchev–Trinajstić information content (AvgIpc) is 3.00. The highest BCUT2D eigenvalue weighted by Gasteiger charge is 2.10. The number of hydrogen-bond acceptors (Lipinski definition) is 4. The van der Waals surface area contributed by atoms with E-state index in [1.807, 2.05) is 30.3 Å². The number of amides is 1. The van der Waals surface area contributed by atoms with Crippen molar-refractivity contribution >= 4 is 17.7 Å². The largest absolute Gasteiger partial charge is 0.472 e. The Bertz CT molecular complexity index is 513. The lowest BCUT2D eigenvalue weighted by Crippen LogP contribution is -2.28. The molecule has 2 aromatic rings. The van der Waals surface area contributed by atoms with E-state index in [1.165, 1.54) is 12.5 Å². The second kappa shape index (κ2) is 7.77. The van der Waals surface area contributed by atoms with E-state index in [0.717, 1.165) is 10.6 Å². The number of furan rings is 1. The number of thioether (sulfide) groups is 1. The van der Waals surface area contributed by atoms with Crippen LogP contribution in [-0.2, 0) is 4.79 Å². The van der Waals surface area contributed by atoms with Crippen LogP contribution >= 0.6 is 11.8 Å². The van der Waals surface area contributed by atoms with E-state index < -0.39 is 6.10 Å². The summed E-state index contributed by atoms with van der Waals surface area (Å²) in [6.45, 7) is 0.203. The number of carbonyl (C=O) groups is 1. The van der Waals surface area contributed by atoms with Crippen LogP contribution in [0.3, 0.4) is 0 Å². The number of nitrogens with one attached hydrogen (secondary N) is 1. The van der Waals surface area contributed by atoms with Crippen molar-refractivity contribution in [3.05, 3.63) is 54.5 Å². The topological polar surface area (TPSA) is 62.5 Å². The number of benzene rings is 1. The SMILES string of the molecule is O=C(CCSc1ccccc1)NCC(O)c1ccoc1. The molecule has 0 saturated carbocycles. The van der Waals surface area contributed by atoms with Gasteiger partial charge in [-0.15, -0.1) is 11.8 Å². The van der Waals surface area contributed by atoms with E-state index in [0.29, 0.717) is 12.0 Å². The third-order valence-electron chi connectivity index (χ3n) is 2.76. The number of aliphatic hydroxyl groups excluding tert-OH is 1. The molecule has 0 spiro atoms. The molecular weight excluding hydrogens is 274 g/mol. The molecule has 1 aromatic heterocycles. The van der Waals surface area contributed by atoms with Gasteiger partial charge in [0.25, 0.3) is 0 Å². The summed E-state index contributed by atoms with van der Waals surface area (Å²) < 4.78 is 4.88. The molecule has 5 heteroatoms. The fourth-order valence-electron chi connectivity index (χ4n) is 1.66. The first kappa shape index (κ1) is 14.7. The molecule has 1 heterocycles. The standard InChI is InChI=1S/C15H17NO3S/c17-14(12-6-8-19-11-12)10-16-15(18)7-9-20-13-4-2-1-3-5-13/h1-6,8,11,14,17H,7,9-10H2,(H,16,18). The molecule has 1 unspecified atom stereocenters. The van der Waals surface area contributed by atoms with Gasteiger partial charge in [-0.3, -0.25) is 4.79 Å². The van der Waals surface area contributed by atoms with Crippen LogP contribution in [0.1, 0.15) is 18.1 Å². The van der Waals surface area contributed by atoms with Crippen LogP contribution in [0.5, 0.6) is 0 Å². The molecule has 0 bridgehead atoms. The predicted molar refractivity (Wildman–Crippen MR) is 78.5 cm³/mol. The van der Waals surface area contributed by atoms with Crippen LogP contribution in [-0.4, -0.2) is 23.3 Å². The Kier molecular flexibility index (Phi) is 5.70. The fourth-order valence-corrected chi connectivity index (χ4v) is 2.53. The van der Waals surface area contributed by atoms with Gasteiger partial charge >= 0.3 is 0 Å². The molecule has 0 saturated heterocycles. The van der Waals surface area contributed by atoms with E-state index in [4.69, 9.17) is 4.42 Å². The Balaban J connectivity index is 1.63. The maximum Gasteiger partial charge on any atom is 0.220 e. The molecule has 2 rings (SSSR count). The smallest absolute Gasteiger partial charge is 0.220 e. The van der Waals surface area contributed by atoms with Gasteiger partial charge in [0, 0.05) is 29.2 Å². The molecular formula is C15H17NO3S. The average molecular weight is 291 g/mol. The zero-order valence-corrected chi connectivity index (χ0v) is 11.8. The summed E-state index contributed by atoms with van der Waals surface area (Å²) in [7, 11) is 0. The lowest BCUT2D eigenvalue weighted by atomic mass is 10.2. The Morgan fingerprint density at radius 1 is 1.30 bits per heavy atom. The van der Waals surface area contributed by atoms with Crippen molar-refractivity contribution in [2.75, 3.05) is 12.3 Å². The minimum Gasteiger partial charge on any atom is -0.472 e. The minimum absolute atomic E-state index is 0.0593. The Labute approximate surface area is 122 Å². The molecule has 0 aliphatic rings. The van der Waals surface area contributed by atoms with Gasteiger partial charge in [-0.05, 0) is 18.2 Å². The molecule has 20 heavy (non-hydrogen) atoms. The van der Waals surface area contributed by atoms with Crippen LogP contribution in [0.2, 0.25) is 0 Å². The molecule has 1 atom stereocenters. The normalized spacial score (nSPS) is 12.1. The summed E-state index contributed by atoms with van der Waals surface area (Å²) in [5, 5.41) is 12.5. The van der Waals surface area contributed by atoms with Gasteiger partial charge in [-0.2, -0.15) is 0 Å². The Morgan fingerprint density at radius 3 is 2.80 bits per heavy atom. The van der Waals surface area contributed by atoms with Gasteiger partial charge in [0.05, 0.1) is 18.6 Å². The molecule has 0 fully saturated rings. The van der Waals surface area contributed by atoms with Gasteiger partial charge in [0.2, 0.25) is 5.91 Å². The Morgan fingerprint density at radius 2 is 2.10 bits per heavy atom. The summed E-state index contributed by atoms with van der Waals surface area (Å²) in [6.07, 6.45) is 2.68. The van der Waals surface area contributed by atoms with E-state index in [-0.39, 0.29) is 12.5 Å². The summed E-state index contributed by atoms with van der Waals surface area (Å²) in [5.41, 5.74) is 0.670. The monoisotopic (exact) mass is 291 g/mol. The second-order valence-electron chi connectivity index (χ2n) is 4.29. The maximum atomic E-state index is 11.6. The highest BCUT2D eigenvalue weighted by molar-refractivity contribution is 7.99. The summed E-state index contributed by atoms with van der Waals surface area (Å²) >= 11 is 1.64. The van der Waals surface area contributed by atoms with Gasteiger partial charge < -0.3 is 14.8 Å². The highest BCUT2D eigenvalue weighted by Crippen LogP contribution is 2.17. The van der Waals surface area contributed by atoms with Crippen LogP contribution in [0, 0.1) is 0 Å². The Hall–Kier alpha value is -1.72. The molecule has 0 radical (unpaired) electrons. The third-order valence-corrected chi connectivity index (χ3v) is 3.78. The first-order chi connectivity index (χ1) is 9.75. The molecule has 0 aliphatic heterocycles. The molecule has 1 aromatic carbocycles. The molecule has 106 valence electrons. The summed E-state index contributed by atoms with van der Waals surface area (Å²) in [4.78, 5) is 12.8. The molecule has 1 amide bonds. The molecule has 2 N–H and O–H groups in total. The van der Waals surface area contributed by atoms with E-state index in [9.17, 15) is 9.90 Å². The molecule has 0 aliphatic carbocycles. The van der Waals surface area contributed by atoms with Crippen molar-refractivity contribution in [2.45, 2.75) is 17.4 Å². The maximum absolute atomic E-state index is 11.6. The van der Waals surface area contributed by atoms with Crippen molar-refractivity contribution in [2.24, 2.45) is 0 Å². The lowest BCUT2D eigenvalue weighted by molar-refractivity contribution is -0.121. The van der Waals surface area contributed by atoms with Crippen molar-refractivity contribution < 1.29 is 14.3 Å². The zero-order valence-electron chi connectivity index (χ0n) is 11.0. The number of aliphatic hydroxyl groups is 1. The van der Waals surface area contributed by atoms with Gasteiger partial charge in [0.15, 0.2) is 0 Å². The van der Waals surface area contributed by atoms with Crippen molar-refractivity contribution in [3.8, 4) is 0 Å². The number of carbonyl (C=O) groups excluding carboxylic acids is 1. The number of hydrogen-bond donors (Lipinski definition) is 2. The van der Waals surface area contributed by atoms with Crippen molar-refractivity contribution in [1.82, 2.24) is 5.32 Å². The fraction of sp³-hybridized carbons (Fsp3) is 0.267. The van der Waals surface area contributed by atoms with Crippen LogP contribution in [0.25, 0.3) is 0 Å². The van der Waals surface area contributed by atoms with E-state index >= 15 is 0 Å². The lowest BCUT2D eigenvalue weighted by Gasteiger charge is -2.09. The zero-order chi connectivity index (χ0) is 14.2. The van der Waals surface area contributed by atoms with Gasteiger partial charge in [-0.1, -0.05) is 18.2 Å².